The van der Waals surface area contributed by atoms with Gasteiger partial charge in [0.05, 0.1) is 28.6 Å². The number of aliphatic carboxylic acids is 1. The van der Waals surface area contributed by atoms with Crippen molar-refractivity contribution in [2.45, 2.75) is 6.04 Å². The van der Waals surface area contributed by atoms with Crippen LogP contribution in [0.5, 0.6) is 0 Å². The molecule has 19 heavy (non-hydrogen) atoms. The van der Waals surface area contributed by atoms with E-state index in [1.807, 2.05) is 5.38 Å². The van der Waals surface area contributed by atoms with E-state index in [-0.39, 0.29) is 6.61 Å². The summed E-state index contributed by atoms with van der Waals surface area (Å²) in [5.41, 5.74) is 0.811. The van der Waals surface area contributed by atoms with Gasteiger partial charge in [0.2, 0.25) is 5.95 Å². The lowest BCUT2D eigenvalue weighted by Crippen LogP contribution is -2.50. The molecule has 0 spiro atoms. The number of thiophene rings is 1. The molecule has 1 atom stereocenters. The highest BCUT2D eigenvalue weighted by atomic mass is 79.9. The summed E-state index contributed by atoms with van der Waals surface area (Å²) in [5, 5.41) is 11.2. The summed E-state index contributed by atoms with van der Waals surface area (Å²) in [6.07, 6.45) is 1.72. The fourth-order valence-electron chi connectivity index (χ4n) is 1.98. The number of carboxylic acid groups (broad SMARTS) is 1. The third kappa shape index (κ3) is 2.31. The van der Waals surface area contributed by atoms with Crippen molar-refractivity contribution in [2.75, 3.05) is 24.7 Å². The van der Waals surface area contributed by atoms with E-state index < -0.39 is 12.0 Å². The van der Waals surface area contributed by atoms with Gasteiger partial charge in [-0.1, -0.05) is 0 Å². The lowest BCUT2D eigenvalue weighted by molar-refractivity contribution is -0.141. The number of hydrogen-bond acceptors (Lipinski definition) is 6. The fraction of sp³-hybridized carbons (Fsp3) is 0.364. The Morgan fingerprint density at radius 2 is 2.47 bits per heavy atom. The Morgan fingerprint density at radius 1 is 1.63 bits per heavy atom. The van der Waals surface area contributed by atoms with E-state index in [2.05, 4.69) is 25.9 Å². The molecule has 0 amide bonds. The number of carboxylic acids is 1. The van der Waals surface area contributed by atoms with Gasteiger partial charge in [0.25, 0.3) is 0 Å². The first-order valence-electron chi connectivity index (χ1n) is 5.64. The van der Waals surface area contributed by atoms with Crippen LogP contribution >= 0.6 is 27.3 Å². The summed E-state index contributed by atoms with van der Waals surface area (Å²) in [4.78, 5) is 21.6. The molecule has 0 bridgehead atoms. The highest BCUT2D eigenvalue weighted by Crippen LogP contribution is 2.29. The van der Waals surface area contributed by atoms with Crippen LogP contribution in [0.3, 0.4) is 0 Å². The van der Waals surface area contributed by atoms with Crippen LogP contribution in [-0.2, 0) is 9.53 Å². The Labute approximate surface area is 121 Å². The molecule has 3 rings (SSSR count). The molecule has 0 aromatic carbocycles. The molecule has 8 heteroatoms. The third-order valence-corrected chi connectivity index (χ3v) is 4.74. The Bertz CT molecular complexity index is 633. The van der Waals surface area contributed by atoms with Gasteiger partial charge < -0.3 is 14.7 Å². The zero-order valence-corrected chi connectivity index (χ0v) is 12.1. The number of halogens is 1. The molecule has 2 aromatic heterocycles. The average molecular weight is 344 g/mol. The van der Waals surface area contributed by atoms with Gasteiger partial charge in [0, 0.05) is 11.9 Å². The number of ether oxygens (including phenoxy) is 1. The van der Waals surface area contributed by atoms with E-state index in [0.29, 0.717) is 19.1 Å². The summed E-state index contributed by atoms with van der Waals surface area (Å²) >= 11 is 4.97. The number of carbonyl (C=O) groups is 1. The van der Waals surface area contributed by atoms with Crippen molar-refractivity contribution < 1.29 is 14.6 Å². The number of morpholine rings is 1. The molecule has 1 unspecified atom stereocenters. The quantitative estimate of drug-likeness (QED) is 0.895. The zero-order chi connectivity index (χ0) is 13.4. The van der Waals surface area contributed by atoms with Crippen molar-refractivity contribution in [3.05, 3.63) is 16.0 Å². The Morgan fingerprint density at radius 3 is 3.26 bits per heavy atom. The second-order valence-corrected chi connectivity index (χ2v) is 5.85. The molecule has 1 fully saturated rings. The van der Waals surface area contributed by atoms with Gasteiger partial charge in [0.1, 0.15) is 5.52 Å². The predicted molar refractivity (Wildman–Crippen MR) is 74.7 cm³/mol. The van der Waals surface area contributed by atoms with E-state index in [1.54, 1.807) is 22.4 Å². The summed E-state index contributed by atoms with van der Waals surface area (Å²) in [6.45, 7) is 1.11. The molecule has 1 saturated heterocycles. The molecule has 100 valence electrons. The molecule has 3 heterocycles. The largest absolute Gasteiger partial charge is 0.480 e. The molecule has 1 aliphatic heterocycles. The summed E-state index contributed by atoms with van der Waals surface area (Å²) in [6, 6.07) is -0.733. The van der Waals surface area contributed by atoms with Gasteiger partial charge in [-0.05, 0) is 15.9 Å². The predicted octanol–water partition coefficient (Wildman–Crippen LogP) is 1.74. The van der Waals surface area contributed by atoms with Gasteiger partial charge in [-0.15, -0.1) is 11.3 Å². The second-order valence-electron chi connectivity index (χ2n) is 4.09. The highest BCUT2D eigenvalue weighted by Gasteiger charge is 2.31. The first-order valence-corrected chi connectivity index (χ1v) is 7.31. The minimum absolute atomic E-state index is 0.154. The lowest BCUT2D eigenvalue weighted by atomic mass is 10.2. The van der Waals surface area contributed by atoms with Crippen molar-refractivity contribution in [3.8, 4) is 0 Å². The summed E-state index contributed by atoms with van der Waals surface area (Å²) in [5.74, 6) is -0.491. The Kier molecular flexibility index (Phi) is 3.38. The van der Waals surface area contributed by atoms with Gasteiger partial charge in [-0.25, -0.2) is 14.8 Å². The second kappa shape index (κ2) is 5.03. The van der Waals surface area contributed by atoms with E-state index in [0.717, 1.165) is 14.7 Å². The van der Waals surface area contributed by atoms with Crippen LogP contribution in [0.4, 0.5) is 5.95 Å². The molecule has 2 aromatic rings. The van der Waals surface area contributed by atoms with Gasteiger partial charge in [-0.2, -0.15) is 0 Å². The molecule has 0 radical (unpaired) electrons. The van der Waals surface area contributed by atoms with E-state index >= 15 is 0 Å². The van der Waals surface area contributed by atoms with Crippen molar-refractivity contribution in [1.82, 2.24) is 9.97 Å². The number of hydrogen-bond donors (Lipinski definition) is 1. The lowest BCUT2D eigenvalue weighted by Gasteiger charge is -2.32. The number of rotatable bonds is 2. The van der Waals surface area contributed by atoms with Crippen LogP contribution in [0.25, 0.3) is 10.2 Å². The Hall–Kier alpha value is -1.25. The maximum Gasteiger partial charge on any atom is 0.328 e. The first kappa shape index (κ1) is 12.8. The molecule has 6 nitrogen and oxygen atoms in total. The molecular weight excluding hydrogens is 334 g/mol. The van der Waals surface area contributed by atoms with Crippen LogP contribution in [-0.4, -0.2) is 46.8 Å². The van der Waals surface area contributed by atoms with Crippen molar-refractivity contribution >= 4 is 49.4 Å². The maximum absolute atomic E-state index is 11.2. The third-order valence-electron chi connectivity index (χ3n) is 2.93. The van der Waals surface area contributed by atoms with E-state index in [1.165, 1.54) is 0 Å². The van der Waals surface area contributed by atoms with Crippen molar-refractivity contribution in [1.29, 1.82) is 0 Å². The molecule has 0 saturated carbocycles. The molecule has 1 aliphatic rings. The Balaban J connectivity index is 2.01. The van der Waals surface area contributed by atoms with Crippen LogP contribution in [0.2, 0.25) is 0 Å². The summed E-state index contributed by atoms with van der Waals surface area (Å²) < 4.78 is 7.07. The standard InChI is InChI=1S/C11H10BrN3O3S/c12-6-5-19-8-3-13-11(14-9(6)8)15-1-2-18-4-7(15)10(16)17/h3,5,7H,1-2,4H2,(H,16,17). The van der Waals surface area contributed by atoms with Crippen LogP contribution in [0.15, 0.2) is 16.0 Å². The minimum Gasteiger partial charge on any atom is -0.480 e. The van der Waals surface area contributed by atoms with Gasteiger partial charge in [0.15, 0.2) is 6.04 Å². The van der Waals surface area contributed by atoms with Crippen molar-refractivity contribution in [2.24, 2.45) is 0 Å². The SMILES string of the molecule is O=C(O)C1COCCN1c1ncc2scc(Br)c2n1. The highest BCUT2D eigenvalue weighted by molar-refractivity contribution is 9.10. The van der Waals surface area contributed by atoms with E-state index in [9.17, 15) is 9.90 Å². The number of aromatic nitrogens is 2. The smallest absolute Gasteiger partial charge is 0.328 e. The van der Waals surface area contributed by atoms with Crippen LogP contribution in [0, 0.1) is 0 Å². The van der Waals surface area contributed by atoms with Crippen LogP contribution in [0.1, 0.15) is 0 Å². The average Bonchev–Trinajstić information content (AvgIpc) is 2.80. The number of anilines is 1. The minimum atomic E-state index is -0.923. The monoisotopic (exact) mass is 343 g/mol. The van der Waals surface area contributed by atoms with Crippen molar-refractivity contribution in [3.63, 3.8) is 0 Å². The molecule has 1 N–H and O–H groups in total. The van der Waals surface area contributed by atoms with E-state index in [4.69, 9.17) is 4.74 Å². The summed E-state index contributed by atoms with van der Waals surface area (Å²) in [7, 11) is 0. The maximum atomic E-state index is 11.2. The number of nitrogens with zero attached hydrogens (tertiary/aromatic N) is 3. The first-order chi connectivity index (χ1) is 9.16. The number of fused-ring (bicyclic) bond motifs is 1. The molecular formula is C11H10BrN3O3S. The van der Waals surface area contributed by atoms with Crippen LogP contribution < -0.4 is 4.90 Å². The topological polar surface area (TPSA) is 75.6 Å². The van der Waals surface area contributed by atoms with Gasteiger partial charge >= 0.3 is 5.97 Å². The fourth-order valence-corrected chi connectivity index (χ4v) is 3.41. The van der Waals surface area contributed by atoms with Gasteiger partial charge in [-0.3, -0.25) is 0 Å². The zero-order valence-electron chi connectivity index (χ0n) is 9.74. The normalized spacial score (nSPS) is 19.8. The molecule has 0 aliphatic carbocycles.